The van der Waals surface area contributed by atoms with Crippen molar-refractivity contribution in [3.8, 4) is 0 Å². The predicted octanol–water partition coefficient (Wildman–Crippen LogP) is 4.89. The number of nitrogens with two attached hydrogens (primary N) is 1. The first kappa shape index (κ1) is 22.4. The van der Waals surface area contributed by atoms with Crippen molar-refractivity contribution in [3.05, 3.63) is 65.5 Å². The summed E-state index contributed by atoms with van der Waals surface area (Å²) in [4.78, 5) is 22.4. The molecule has 0 aliphatic rings. The van der Waals surface area contributed by atoms with Crippen LogP contribution in [0.25, 0.3) is 22.2 Å². The van der Waals surface area contributed by atoms with Crippen LogP contribution in [0.15, 0.2) is 53.6 Å². The molecule has 33 heavy (non-hydrogen) atoms. The number of hydrogen-bond donors (Lipinski definition) is 2. The second-order valence-electron chi connectivity index (χ2n) is 7.92. The van der Waals surface area contributed by atoms with E-state index in [-0.39, 0.29) is 23.1 Å². The number of rotatable bonds is 9. The summed E-state index contributed by atoms with van der Waals surface area (Å²) in [5.74, 6) is -0.473. The Hall–Kier alpha value is -3.81. The number of unbranched alkanes of at least 4 members (excludes halogenated alkanes) is 4. The van der Waals surface area contributed by atoms with Crippen molar-refractivity contribution in [3.63, 3.8) is 0 Å². The highest BCUT2D eigenvalue weighted by molar-refractivity contribution is 6.10. The van der Waals surface area contributed by atoms with Crippen molar-refractivity contribution in [2.75, 3.05) is 12.3 Å². The highest BCUT2D eigenvalue weighted by atomic mass is 19.1. The fourth-order valence-corrected chi connectivity index (χ4v) is 3.68. The Bertz CT molecular complexity index is 1300. The van der Waals surface area contributed by atoms with E-state index in [1.54, 1.807) is 18.3 Å². The third-order valence-corrected chi connectivity index (χ3v) is 5.46. The zero-order valence-corrected chi connectivity index (χ0v) is 18.6. The summed E-state index contributed by atoms with van der Waals surface area (Å²) in [5, 5.41) is 7.39. The van der Waals surface area contributed by atoms with Gasteiger partial charge in [0.05, 0.1) is 17.2 Å². The SMILES string of the molecule is CCCCCCCNC(=O)c1c(N)n(/N=C\c2ccc(F)cc2)c2nc3ccccc3nc12. The quantitative estimate of drug-likeness (QED) is 0.283. The van der Waals surface area contributed by atoms with Crippen molar-refractivity contribution in [2.24, 2.45) is 5.10 Å². The number of nitrogens with zero attached hydrogens (tertiary/aromatic N) is 4. The molecule has 0 unspecified atom stereocenters. The Balaban J connectivity index is 1.69. The number of para-hydroxylation sites is 2. The Morgan fingerprint density at radius 3 is 2.48 bits per heavy atom. The molecule has 0 fully saturated rings. The van der Waals surface area contributed by atoms with E-state index in [4.69, 9.17) is 5.73 Å². The van der Waals surface area contributed by atoms with Gasteiger partial charge in [-0.05, 0) is 36.2 Å². The average molecular weight is 447 g/mol. The van der Waals surface area contributed by atoms with E-state index in [0.717, 1.165) is 19.3 Å². The van der Waals surface area contributed by atoms with Gasteiger partial charge < -0.3 is 11.1 Å². The lowest BCUT2D eigenvalue weighted by molar-refractivity contribution is 0.0955. The molecule has 0 aliphatic carbocycles. The first-order valence-corrected chi connectivity index (χ1v) is 11.2. The van der Waals surface area contributed by atoms with Gasteiger partial charge in [0.2, 0.25) is 0 Å². The predicted molar refractivity (Wildman–Crippen MR) is 130 cm³/mol. The molecule has 3 N–H and O–H groups in total. The van der Waals surface area contributed by atoms with Crippen LogP contribution in [-0.4, -0.2) is 33.3 Å². The number of anilines is 1. The van der Waals surface area contributed by atoms with Gasteiger partial charge in [-0.1, -0.05) is 56.9 Å². The lowest BCUT2D eigenvalue weighted by Gasteiger charge is -2.05. The molecule has 2 heterocycles. The van der Waals surface area contributed by atoms with Crippen molar-refractivity contribution >= 4 is 40.1 Å². The maximum atomic E-state index is 13.2. The summed E-state index contributed by atoms with van der Waals surface area (Å²) in [6.45, 7) is 2.73. The molecule has 2 aromatic carbocycles. The molecule has 0 saturated heterocycles. The molecular formula is C25H27FN6O. The van der Waals surface area contributed by atoms with Crippen LogP contribution >= 0.6 is 0 Å². The van der Waals surface area contributed by atoms with Gasteiger partial charge in [0.25, 0.3) is 5.91 Å². The number of aromatic nitrogens is 3. The highest BCUT2D eigenvalue weighted by Gasteiger charge is 2.23. The standard InChI is InChI=1S/C25H27FN6O/c1-2-3-4-5-8-15-28-25(33)21-22-24(31-20-10-7-6-9-19(20)30-22)32(23(21)27)29-16-17-11-13-18(26)14-12-17/h6-7,9-14,16H,2-5,8,15,27H2,1H3,(H,28,33)/b29-16-. The third kappa shape index (κ3) is 5.00. The van der Waals surface area contributed by atoms with Gasteiger partial charge in [0.1, 0.15) is 22.7 Å². The first-order valence-electron chi connectivity index (χ1n) is 11.2. The molecule has 1 amide bonds. The number of nitrogen functional groups attached to an aromatic ring is 1. The first-order chi connectivity index (χ1) is 16.1. The topological polar surface area (TPSA) is 98.2 Å². The fraction of sp³-hybridized carbons (Fsp3) is 0.280. The molecule has 0 bridgehead atoms. The zero-order chi connectivity index (χ0) is 23.2. The summed E-state index contributed by atoms with van der Waals surface area (Å²) in [6, 6.07) is 13.3. The molecule has 2 aromatic heterocycles. The van der Waals surface area contributed by atoms with Gasteiger partial charge in [-0.15, -0.1) is 0 Å². The molecule has 0 radical (unpaired) electrons. The molecule has 0 atom stereocenters. The molecule has 0 saturated carbocycles. The van der Waals surface area contributed by atoms with E-state index in [1.807, 2.05) is 24.3 Å². The number of benzene rings is 2. The van der Waals surface area contributed by atoms with Gasteiger partial charge >= 0.3 is 0 Å². The Kier molecular flexibility index (Phi) is 6.92. The number of carbonyl (C=O) groups is 1. The van der Waals surface area contributed by atoms with Gasteiger partial charge in [0.15, 0.2) is 5.65 Å². The van der Waals surface area contributed by atoms with Crippen molar-refractivity contribution < 1.29 is 9.18 Å². The lowest BCUT2D eigenvalue weighted by atomic mass is 10.1. The summed E-state index contributed by atoms with van der Waals surface area (Å²) >= 11 is 0. The van der Waals surface area contributed by atoms with Crippen LogP contribution in [0, 0.1) is 5.82 Å². The zero-order valence-electron chi connectivity index (χ0n) is 18.6. The molecule has 0 spiro atoms. The second-order valence-corrected chi connectivity index (χ2v) is 7.92. The van der Waals surface area contributed by atoms with E-state index < -0.39 is 0 Å². The van der Waals surface area contributed by atoms with Crippen LogP contribution in [0.3, 0.4) is 0 Å². The van der Waals surface area contributed by atoms with Gasteiger partial charge in [-0.2, -0.15) is 9.78 Å². The fourth-order valence-electron chi connectivity index (χ4n) is 3.68. The van der Waals surface area contributed by atoms with Gasteiger partial charge in [-0.3, -0.25) is 4.79 Å². The Morgan fingerprint density at radius 2 is 1.76 bits per heavy atom. The van der Waals surface area contributed by atoms with Gasteiger partial charge in [-0.25, -0.2) is 14.4 Å². The molecule has 170 valence electrons. The summed E-state index contributed by atoms with van der Waals surface area (Å²) in [5.41, 5.74) is 9.44. The number of nitrogens with one attached hydrogen (secondary N) is 1. The minimum atomic E-state index is -0.330. The van der Waals surface area contributed by atoms with E-state index in [2.05, 4.69) is 27.3 Å². The van der Waals surface area contributed by atoms with Crippen LogP contribution in [-0.2, 0) is 0 Å². The van der Waals surface area contributed by atoms with Crippen molar-refractivity contribution in [1.29, 1.82) is 0 Å². The number of hydrogen-bond acceptors (Lipinski definition) is 5. The van der Waals surface area contributed by atoms with E-state index in [9.17, 15) is 9.18 Å². The van der Waals surface area contributed by atoms with Crippen LogP contribution in [0.4, 0.5) is 10.2 Å². The molecular weight excluding hydrogens is 419 g/mol. The minimum absolute atomic E-state index is 0.155. The van der Waals surface area contributed by atoms with E-state index in [1.165, 1.54) is 29.7 Å². The summed E-state index contributed by atoms with van der Waals surface area (Å²) in [7, 11) is 0. The van der Waals surface area contributed by atoms with Crippen molar-refractivity contribution in [2.45, 2.75) is 39.0 Å². The monoisotopic (exact) mass is 446 g/mol. The highest BCUT2D eigenvalue weighted by Crippen LogP contribution is 2.27. The molecule has 4 aromatic rings. The normalized spacial score (nSPS) is 11.6. The van der Waals surface area contributed by atoms with Crippen LogP contribution in [0.5, 0.6) is 0 Å². The molecule has 4 rings (SSSR count). The Morgan fingerprint density at radius 1 is 1.06 bits per heavy atom. The number of carbonyl (C=O) groups excluding carboxylic acids is 1. The maximum Gasteiger partial charge on any atom is 0.257 e. The molecule has 8 heteroatoms. The van der Waals surface area contributed by atoms with Crippen LogP contribution in [0.2, 0.25) is 0 Å². The maximum absolute atomic E-state index is 13.2. The molecule has 0 aliphatic heterocycles. The number of amides is 1. The smallest absolute Gasteiger partial charge is 0.257 e. The second kappa shape index (κ2) is 10.2. The van der Waals surface area contributed by atoms with Crippen LogP contribution < -0.4 is 11.1 Å². The summed E-state index contributed by atoms with van der Waals surface area (Å²) < 4.78 is 14.6. The lowest BCUT2D eigenvalue weighted by Crippen LogP contribution is -2.25. The summed E-state index contributed by atoms with van der Waals surface area (Å²) in [6.07, 6.45) is 7.04. The van der Waals surface area contributed by atoms with Crippen LogP contribution in [0.1, 0.15) is 54.9 Å². The van der Waals surface area contributed by atoms with Gasteiger partial charge in [0, 0.05) is 6.54 Å². The number of halogens is 1. The van der Waals surface area contributed by atoms with E-state index in [0.29, 0.717) is 34.3 Å². The molecule has 7 nitrogen and oxygen atoms in total. The largest absolute Gasteiger partial charge is 0.383 e. The third-order valence-electron chi connectivity index (χ3n) is 5.46. The minimum Gasteiger partial charge on any atom is -0.383 e. The van der Waals surface area contributed by atoms with E-state index >= 15 is 0 Å². The Labute approximate surface area is 191 Å². The number of fused-ring (bicyclic) bond motifs is 2. The van der Waals surface area contributed by atoms with Crippen molar-refractivity contribution in [1.82, 2.24) is 20.0 Å². The average Bonchev–Trinajstić information content (AvgIpc) is 3.09.